The number of thiazole rings is 1. The van der Waals surface area contributed by atoms with Gasteiger partial charge in [0.2, 0.25) is 0 Å². The van der Waals surface area contributed by atoms with E-state index in [1.165, 1.54) is 13.8 Å². The molecule has 1 heterocycles. The van der Waals surface area contributed by atoms with Gasteiger partial charge in [-0.2, -0.15) is 0 Å². The van der Waals surface area contributed by atoms with Crippen LogP contribution in [0, 0.1) is 3.57 Å². The summed E-state index contributed by atoms with van der Waals surface area (Å²) in [6.07, 6.45) is 2.07. The summed E-state index contributed by atoms with van der Waals surface area (Å²) in [5, 5.41) is 3.57. The molecule has 1 atom stereocenters. The fourth-order valence-electron chi connectivity index (χ4n) is 2.17. The van der Waals surface area contributed by atoms with Gasteiger partial charge in [-0.15, -0.1) is 11.3 Å². The van der Waals surface area contributed by atoms with Crippen molar-refractivity contribution in [3.63, 3.8) is 0 Å². The third-order valence-corrected chi connectivity index (χ3v) is 6.02. The molecule has 0 aliphatic carbocycles. The first kappa shape index (κ1) is 15.1. The topological polar surface area (TPSA) is 24.9 Å². The Bertz CT molecular complexity index is 753. The van der Waals surface area contributed by atoms with Crippen LogP contribution in [0.4, 0.5) is 5.69 Å². The van der Waals surface area contributed by atoms with E-state index in [2.05, 4.69) is 88.5 Å². The van der Waals surface area contributed by atoms with E-state index >= 15 is 0 Å². The van der Waals surface area contributed by atoms with E-state index < -0.39 is 0 Å². The van der Waals surface area contributed by atoms with Gasteiger partial charge in [0, 0.05) is 15.3 Å². The van der Waals surface area contributed by atoms with Gasteiger partial charge in [-0.05, 0) is 71.7 Å². The number of anilines is 1. The molecule has 0 saturated carbocycles. The fraction of sp³-hybridized carbons (Fsp3) is 0.188. The normalized spacial score (nSPS) is 12.5. The van der Waals surface area contributed by atoms with Gasteiger partial charge >= 0.3 is 0 Å². The minimum absolute atomic E-state index is 0.285. The molecule has 2 nitrogen and oxygen atoms in total. The standard InChI is InChI=1S/C16H15IN2S2/c1-10(11-3-5-12(17)6-4-11)18-13-7-8-14-15(9-13)21-16(19-14)20-2/h3-10,18H,1-2H3. The van der Waals surface area contributed by atoms with Crippen molar-refractivity contribution < 1.29 is 0 Å². The molecule has 0 aliphatic rings. The van der Waals surface area contributed by atoms with Crippen LogP contribution in [0.2, 0.25) is 0 Å². The molecule has 3 aromatic rings. The van der Waals surface area contributed by atoms with E-state index in [4.69, 9.17) is 0 Å². The summed E-state index contributed by atoms with van der Waals surface area (Å²) in [5.41, 5.74) is 3.52. The molecule has 0 saturated heterocycles. The van der Waals surface area contributed by atoms with Crippen molar-refractivity contribution >= 4 is 61.6 Å². The van der Waals surface area contributed by atoms with Crippen LogP contribution in [0.5, 0.6) is 0 Å². The average Bonchev–Trinajstić information content (AvgIpc) is 2.90. The van der Waals surface area contributed by atoms with Crippen LogP contribution in [-0.2, 0) is 0 Å². The third kappa shape index (κ3) is 3.52. The number of fused-ring (bicyclic) bond motifs is 1. The maximum Gasteiger partial charge on any atom is 0.150 e. The average molecular weight is 426 g/mol. The lowest BCUT2D eigenvalue weighted by Gasteiger charge is -2.15. The van der Waals surface area contributed by atoms with Crippen LogP contribution < -0.4 is 5.32 Å². The molecular weight excluding hydrogens is 411 g/mol. The molecule has 1 aromatic heterocycles. The Morgan fingerprint density at radius 3 is 2.67 bits per heavy atom. The number of nitrogens with one attached hydrogen (secondary N) is 1. The quantitative estimate of drug-likeness (QED) is 0.422. The molecule has 2 aromatic carbocycles. The van der Waals surface area contributed by atoms with E-state index in [1.54, 1.807) is 23.1 Å². The number of halogens is 1. The van der Waals surface area contributed by atoms with Crippen molar-refractivity contribution in [2.75, 3.05) is 11.6 Å². The molecule has 3 rings (SSSR count). The number of nitrogens with zero attached hydrogens (tertiary/aromatic N) is 1. The smallest absolute Gasteiger partial charge is 0.150 e. The van der Waals surface area contributed by atoms with Gasteiger partial charge in [0.1, 0.15) is 0 Å². The van der Waals surface area contributed by atoms with Crippen molar-refractivity contribution in [1.29, 1.82) is 0 Å². The Labute approximate surface area is 146 Å². The SMILES string of the molecule is CSc1nc2ccc(NC(C)c3ccc(I)cc3)cc2s1. The minimum atomic E-state index is 0.285. The number of thioether (sulfide) groups is 1. The van der Waals surface area contributed by atoms with E-state index in [-0.39, 0.29) is 6.04 Å². The summed E-state index contributed by atoms with van der Waals surface area (Å²) < 4.78 is 3.62. The van der Waals surface area contributed by atoms with Crippen LogP contribution in [0.15, 0.2) is 46.8 Å². The van der Waals surface area contributed by atoms with Crippen molar-refractivity contribution in [1.82, 2.24) is 4.98 Å². The summed E-state index contributed by atoms with van der Waals surface area (Å²) in [4.78, 5) is 4.57. The predicted octanol–water partition coefficient (Wildman–Crippen LogP) is 5.80. The zero-order valence-corrected chi connectivity index (χ0v) is 15.6. The second kappa shape index (κ2) is 6.54. The summed E-state index contributed by atoms with van der Waals surface area (Å²) in [5.74, 6) is 0. The van der Waals surface area contributed by atoms with E-state index in [9.17, 15) is 0 Å². The molecule has 0 radical (unpaired) electrons. The highest BCUT2D eigenvalue weighted by Gasteiger charge is 2.07. The molecule has 5 heteroatoms. The molecule has 0 bridgehead atoms. The van der Waals surface area contributed by atoms with Crippen molar-refractivity contribution in [3.05, 3.63) is 51.6 Å². The number of hydrogen-bond donors (Lipinski definition) is 1. The van der Waals surface area contributed by atoms with Crippen molar-refractivity contribution in [2.24, 2.45) is 0 Å². The summed E-state index contributed by atoms with van der Waals surface area (Å²) in [6.45, 7) is 2.19. The molecular formula is C16H15IN2S2. The van der Waals surface area contributed by atoms with Crippen LogP contribution in [0.3, 0.4) is 0 Å². The summed E-state index contributed by atoms with van der Waals surface area (Å²) in [6, 6.07) is 15.3. The van der Waals surface area contributed by atoms with Crippen LogP contribution >= 0.6 is 45.7 Å². The molecule has 1 unspecified atom stereocenters. The zero-order chi connectivity index (χ0) is 14.8. The van der Waals surface area contributed by atoms with E-state index in [1.807, 2.05) is 0 Å². The second-order valence-corrected chi connectivity index (χ2v) is 8.11. The van der Waals surface area contributed by atoms with Gasteiger partial charge in [-0.25, -0.2) is 4.98 Å². The Kier molecular flexibility index (Phi) is 4.71. The van der Waals surface area contributed by atoms with Gasteiger partial charge in [0.15, 0.2) is 4.34 Å². The van der Waals surface area contributed by atoms with Crippen molar-refractivity contribution in [2.45, 2.75) is 17.3 Å². The minimum Gasteiger partial charge on any atom is -0.378 e. The van der Waals surface area contributed by atoms with E-state index in [0.29, 0.717) is 0 Å². The van der Waals surface area contributed by atoms with Gasteiger partial charge in [0.25, 0.3) is 0 Å². The van der Waals surface area contributed by atoms with Gasteiger partial charge in [0.05, 0.1) is 10.2 Å². The van der Waals surface area contributed by atoms with Gasteiger partial charge in [-0.1, -0.05) is 23.9 Å². The van der Waals surface area contributed by atoms with E-state index in [0.717, 1.165) is 15.5 Å². The first-order chi connectivity index (χ1) is 10.2. The van der Waals surface area contributed by atoms with Crippen LogP contribution in [0.25, 0.3) is 10.2 Å². The highest BCUT2D eigenvalue weighted by molar-refractivity contribution is 14.1. The van der Waals surface area contributed by atoms with Crippen LogP contribution in [-0.4, -0.2) is 11.2 Å². The van der Waals surface area contributed by atoms with Gasteiger partial charge < -0.3 is 5.32 Å². The maximum atomic E-state index is 4.57. The Morgan fingerprint density at radius 1 is 1.19 bits per heavy atom. The molecule has 0 aliphatic heterocycles. The lowest BCUT2D eigenvalue weighted by Crippen LogP contribution is -2.06. The van der Waals surface area contributed by atoms with Crippen molar-refractivity contribution in [3.8, 4) is 0 Å². The largest absolute Gasteiger partial charge is 0.378 e. The molecule has 21 heavy (non-hydrogen) atoms. The molecule has 108 valence electrons. The zero-order valence-electron chi connectivity index (χ0n) is 11.8. The summed E-state index contributed by atoms with van der Waals surface area (Å²) >= 11 is 5.78. The Hall–Kier alpha value is -0.790. The highest BCUT2D eigenvalue weighted by Crippen LogP contribution is 2.31. The Balaban J connectivity index is 1.82. The highest BCUT2D eigenvalue weighted by atomic mass is 127. The lowest BCUT2D eigenvalue weighted by atomic mass is 10.1. The predicted molar refractivity (Wildman–Crippen MR) is 103 cm³/mol. The monoisotopic (exact) mass is 426 g/mol. The first-order valence-corrected chi connectivity index (χ1v) is 9.74. The lowest BCUT2D eigenvalue weighted by molar-refractivity contribution is 0.885. The first-order valence-electron chi connectivity index (χ1n) is 6.62. The number of aromatic nitrogens is 1. The van der Waals surface area contributed by atoms with Crippen LogP contribution in [0.1, 0.15) is 18.5 Å². The second-order valence-electron chi connectivity index (χ2n) is 4.78. The maximum absolute atomic E-state index is 4.57. The fourth-order valence-corrected chi connectivity index (χ4v) is 4.05. The molecule has 1 N–H and O–H groups in total. The van der Waals surface area contributed by atoms with Gasteiger partial charge in [-0.3, -0.25) is 0 Å². The molecule has 0 spiro atoms. The summed E-state index contributed by atoms with van der Waals surface area (Å²) in [7, 11) is 0. The number of hydrogen-bond acceptors (Lipinski definition) is 4. The number of benzene rings is 2. The third-order valence-electron chi connectivity index (χ3n) is 3.30. The Morgan fingerprint density at radius 2 is 1.95 bits per heavy atom. The molecule has 0 amide bonds. The number of rotatable bonds is 4. The molecule has 0 fully saturated rings.